The molecule has 2 aromatic rings. The molecule has 0 fully saturated rings. The Morgan fingerprint density at radius 3 is 2.57 bits per heavy atom. The van der Waals surface area contributed by atoms with Crippen molar-refractivity contribution in [1.29, 1.82) is 0 Å². The second-order valence-electron chi connectivity index (χ2n) is 5.54. The highest BCUT2D eigenvalue weighted by Crippen LogP contribution is 2.21. The van der Waals surface area contributed by atoms with E-state index >= 15 is 0 Å². The summed E-state index contributed by atoms with van der Waals surface area (Å²) in [5, 5.41) is 2.76. The van der Waals surface area contributed by atoms with Crippen LogP contribution in [0.1, 0.15) is 33.7 Å². The third-order valence-electron chi connectivity index (χ3n) is 3.78. The normalized spacial score (nSPS) is 10.4. The molecule has 1 heterocycles. The fourth-order valence-corrected chi connectivity index (χ4v) is 2.63. The number of carbonyl (C=O) groups is 2. The minimum absolute atomic E-state index is 0.166. The van der Waals surface area contributed by atoms with Crippen molar-refractivity contribution >= 4 is 11.9 Å². The molecule has 1 aromatic heterocycles. The summed E-state index contributed by atoms with van der Waals surface area (Å²) < 4.78 is 6.62. The number of aryl methyl sites for hydroxylation is 2. The van der Waals surface area contributed by atoms with Crippen molar-refractivity contribution in [3.63, 3.8) is 0 Å². The van der Waals surface area contributed by atoms with Gasteiger partial charge in [-0.2, -0.15) is 0 Å². The zero-order valence-electron chi connectivity index (χ0n) is 14.0. The van der Waals surface area contributed by atoms with E-state index in [4.69, 9.17) is 0 Å². The maximum absolute atomic E-state index is 12.3. The predicted octanol–water partition coefficient (Wildman–Crippen LogP) is 2.70. The van der Waals surface area contributed by atoms with Crippen LogP contribution in [0.2, 0.25) is 0 Å². The highest BCUT2D eigenvalue weighted by atomic mass is 16.5. The lowest BCUT2D eigenvalue weighted by Gasteiger charge is -2.11. The molecule has 1 aromatic carbocycles. The number of ether oxygens (including phenoxy) is 1. The van der Waals surface area contributed by atoms with Gasteiger partial charge >= 0.3 is 5.97 Å². The van der Waals surface area contributed by atoms with Crippen molar-refractivity contribution in [2.24, 2.45) is 0 Å². The maximum atomic E-state index is 12.3. The summed E-state index contributed by atoms with van der Waals surface area (Å²) in [6, 6.07) is 10.0. The second-order valence-corrected chi connectivity index (χ2v) is 5.54. The summed E-state index contributed by atoms with van der Waals surface area (Å²) in [6.45, 7) is 6.20. The summed E-state index contributed by atoms with van der Waals surface area (Å²) in [5.74, 6) is -0.517. The number of methoxy groups -OCH3 is 1. The van der Waals surface area contributed by atoms with Crippen LogP contribution in [0.5, 0.6) is 0 Å². The Hall–Kier alpha value is -2.56. The van der Waals surface area contributed by atoms with Crippen LogP contribution in [0.3, 0.4) is 0 Å². The summed E-state index contributed by atoms with van der Waals surface area (Å²) in [7, 11) is 1.33. The number of amides is 1. The molecule has 0 saturated heterocycles. The molecule has 5 heteroatoms. The van der Waals surface area contributed by atoms with Gasteiger partial charge in [0.05, 0.1) is 19.1 Å². The first kappa shape index (κ1) is 16.8. The summed E-state index contributed by atoms with van der Waals surface area (Å²) in [5.41, 5.74) is 4.69. The summed E-state index contributed by atoms with van der Waals surface area (Å²) in [6.07, 6.45) is 0.166. The molecule has 0 aliphatic carbocycles. The molecule has 5 nitrogen and oxygen atoms in total. The third kappa shape index (κ3) is 3.80. The fourth-order valence-electron chi connectivity index (χ4n) is 2.63. The Morgan fingerprint density at radius 2 is 1.91 bits per heavy atom. The Labute approximate surface area is 136 Å². The molecule has 23 heavy (non-hydrogen) atoms. The van der Waals surface area contributed by atoms with Crippen LogP contribution in [0.4, 0.5) is 0 Å². The number of rotatable bonds is 5. The molecule has 0 radical (unpaired) electrons. The van der Waals surface area contributed by atoms with Crippen molar-refractivity contribution in [2.45, 2.75) is 27.2 Å². The third-order valence-corrected chi connectivity index (χ3v) is 3.78. The van der Waals surface area contributed by atoms with E-state index in [2.05, 4.69) is 20.7 Å². The standard InChI is InChI=1S/C18H22N2O3/c1-12-6-5-7-15(10-12)20-13(2)11-16(14(20)3)18(22)19-9-8-17(21)23-4/h5-7,10-11H,8-9H2,1-4H3,(H,19,22). The highest BCUT2D eigenvalue weighted by molar-refractivity contribution is 5.96. The molecule has 0 atom stereocenters. The van der Waals surface area contributed by atoms with Crippen LogP contribution >= 0.6 is 0 Å². The van der Waals surface area contributed by atoms with E-state index in [1.807, 2.05) is 45.0 Å². The van der Waals surface area contributed by atoms with Gasteiger partial charge in [0.15, 0.2) is 0 Å². The van der Waals surface area contributed by atoms with Gasteiger partial charge in [0.25, 0.3) is 5.91 Å². The first-order chi connectivity index (χ1) is 10.9. The average Bonchev–Trinajstić information content (AvgIpc) is 2.81. The van der Waals surface area contributed by atoms with Gasteiger partial charge in [-0.3, -0.25) is 9.59 Å². The van der Waals surface area contributed by atoms with E-state index in [0.717, 1.165) is 17.1 Å². The van der Waals surface area contributed by atoms with Crippen LogP contribution in [-0.2, 0) is 9.53 Å². The highest BCUT2D eigenvalue weighted by Gasteiger charge is 2.16. The van der Waals surface area contributed by atoms with E-state index < -0.39 is 0 Å². The minimum Gasteiger partial charge on any atom is -0.469 e. The van der Waals surface area contributed by atoms with Gasteiger partial charge in [-0.15, -0.1) is 0 Å². The van der Waals surface area contributed by atoms with Crippen molar-refractivity contribution in [1.82, 2.24) is 9.88 Å². The molecule has 0 unspecified atom stereocenters. The number of nitrogens with zero attached hydrogens (tertiary/aromatic N) is 1. The number of hydrogen-bond acceptors (Lipinski definition) is 3. The second kappa shape index (κ2) is 7.13. The van der Waals surface area contributed by atoms with Gasteiger partial charge in [0, 0.05) is 23.6 Å². The van der Waals surface area contributed by atoms with Gasteiger partial charge in [0.2, 0.25) is 0 Å². The van der Waals surface area contributed by atoms with Crippen molar-refractivity contribution in [2.75, 3.05) is 13.7 Å². The van der Waals surface area contributed by atoms with Crippen LogP contribution < -0.4 is 5.32 Å². The monoisotopic (exact) mass is 314 g/mol. The molecule has 2 rings (SSSR count). The van der Waals surface area contributed by atoms with E-state index in [1.165, 1.54) is 12.7 Å². The van der Waals surface area contributed by atoms with Crippen molar-refractivity contribution < 1.29 is 14.3 Å². The molecule has 1 N–H and O–H groups in total. The molecular weight excluding hydrogens is 292 g/mol. The number of aromatic nitrogens is 1. The van der Waals surface area contributed by atoms with E-state index in [9.17, 15) is 9.59 Å². The number of nitrogens with one attached hydrogen (secondary N) is 1. The van der Waals surface area contributed by atoms with Crippen molar-refractivity contribution in [3.05, 3.63) is 52.8 Å². The number of esters is 1. The van der Waals surface area contributed by atoms with Gasteiger partial charge in [0.1, 0.15) is 0 Å². The first-order valence-corrected chi connectivity index (χ1v) is 7.55. The lowest BCUT2D eigenvalue weighted by molar-refractivity contribution is -0.140. The van der Waals surface area contributed by atoms with E-state index in [1.54, 1.807) is 0 Å². The van der Waals surface area contributed by atoms with E-state index in [0.29, 0.717) is 5.56 Å². The quantitative estimate of drug-likeness (QED) is 0.863. The zero-order chi connectivity index (χ0) is 17.0. The largest absolute Gasteiger partial charge is 0.469 e. The molecule has 1 amide bonds. The topological polar surface area (TPSA) is 60.3 Å². The van der Waals surface area contributed by atoms with Crippen molar-refractivity contribution in [3.8, 4) is 5.69 Å². The molecule has 0 bridgehead atoms. The Balaban J connectivity index is 2.20. The van der Waals surface area contributed by atoms with Gasteiger partial charge in [-0.1, -0.05) is 12.1 Å². The van der Waals surface area contributed by atoms with Gasteiger partial charge in [-0.05, 0) is 44.5 Å². The molecule has 0 saturated carbocycles. The summed E-state index contributed by atoms with van der Waals surface area (Å²) in [4.78, 5) is 23.4. The van der Waals surface area contributed by atoms with Crippen LogP contribution in [0.25, 0.3) is 5.69 Å². The number of carbonyl (C=O) groups excluding carboxylic acids is 2. The lowest BCUT2D eigenvalue weighted by Crippen LogP contribution is -2.26. The Bertz CT molecular complexity index is 732. The smallest absolute Gasteiger partial charge is 0.307 e. The average molecular weight is 314 g/mol. The summed E-state index contributed by atoms with van der Waals surface area (Å²) >= 11 is 0. The van der Waals surface area contributed by atoms with Gasteiger partial charge in [-0.25, -0.2) is 0 Å². The fraction of sp³-hybridized carbons (Fsp3) is 0.333. The van der Waals surface area contributed by atoms with Crippen LogP contribution in [0, 0.1) is 20.8 Å². The van der Waals surface area contributed by atoms with Crippen LogP contribution in [-0.4, -0.2) is 30.1 Å². The molecule has 0 spiro atoms. The Kier molecular flexibility index (Phi) is 5.21. The predicted molar refractivity (Wildman–Crippen MR) is 88.9 cm³/mol. The molecule has 122 valence electrons. The van der Waals surface area contributed by atoms with Gasteiger partial charge < -0.3 is 14.6 Å². The zero-order valence-corrected chi connectivity index (χ0v) is 14.0. The maximum Gasteiger partial charge on any atom is 0.307 e. The Morgan fingerprint density at radius 1 is 1.17 bits per heavy atom. The lowest BCUT2D eigenvalue weighted by atomic mass is 10.2. The SMILES string of the molecule is COC(=O)CCNC(=O)c1cc(C)n(-c2cccc(C)c2)c1C. The van der Waals surface area contributed by atoms with Crippen LogP contribution in [0.15, 0.2) is 30.3 Å². The first-order valence-electron chi connectivity index (χ1n) is 7.55. The minimum atomic E-state index is -0.337. The van der Waals surface area contributed by atoms with E-state index in [-0.39, 0.29) is 24.8 Å². The number of benzene rings is 1. The molecule has 0 aliphatic heterocycles. The number of hydrogen-bond donors (Lipinski definition) is 1. The molecular formula is C18H22N2O3. The molecule has 0 aliphatic rings.